The number of hydrogen-bond acceptors (Lipinski definition) is 5. The van der Waals surface area contributed by atoms with Gasteiger partial charge in [-0.1, -0.05) is 17.8 Å². The second kappa shape index (κ2) is 5.34. The van der Waals surface area contributed by atoms with E-state index in [0.717, 1.165) is 18.0 Å². The van der Waals surface area contributed by atoms with Crippen molar-refractivity contribution in [1.82, 2.24) is 4.90 Å². The normalized spacial score (nSPS) is 20.6. The first-order valence-electron chi connectivity index (χ1n) is 6.26. The molecule has 0 amide bonds. The lowest BCUT2D eigenvalue weighted by Gasteiger charge is -2.40. The zero-order chi connectivity index (χ0) is 13.2. The van der Waals surface area contributed by atoms with E-state index in [1.54, 1.807) is 6.07 Å². The van der Waals surface area contributed by atoms with Gasteiger partial charge in [-0.3, -0.25) is 15.0 Å². The Balaban J connectivity index is 2.03. The summed E-state index contributed by atoms with van der Waals surface area (Å²) in [6.07, 6.45) is 4.33. The molecule has 2 rings (SSSR count). The van der Waals surface area contributed by atoms with Gasteiger partial charge < -0.3 is 5.73 Å². The minimum absolute atomic E-state index is 0.194. The molecule has 1 fully saturated rings. The summed E-state index contributed by atoms with van der Waals surface area (Å²) in [6.45, 7) is 4.07. The molecule has 1 aromatic rings. The van der Waals surface area contributed by atoms with E-state index in [1.807, 2.05) is 13.0 Å². The van der Waals surface area contributed by atoms with Crippen LogP contribution in [0.4, 0.5) is 5.00 Å². The van der Waals surface area contributed by atoms with E-state index >= 15 is 0 Å². The molecule has 0 aromatic carbocycles. The number of rotatable bonds is 4. The maximum atomic E-state index is 10.7. The van der Waals surface area contributed by atoms with Crippen molar-refractivity contribution in [1.29, 1.82) is 0 Å². The van der Waals surface area contributed by atoms with Gasteiger partial charge in [0.15, 0.2) is 0 Å². The van der Waals surface area contributed by atoms with Crippen LogP contribution in [0.15, 0.2) is 12.1 Å². The predicted molar refractivity (Wildman–Crippen MR) is 72.7 cm³/mol. The molecule has 1 atom stereocenters. The molecular formula is C12H19N3O2S. The summed E-state index contributed by atoms with van der Waals surface area (Å²) in [5.41, 5.74) is 5.97. The van der Waals surface area contributed by atoms with Crippen molar-refractivity contribution in [3.63, 3.8) is 0 Å². The van der Waals surface area contributed by atoms with Crippen LogP contribution < -0.4 is 5.73 Å². The number of nitrogens with zero attached hydrogens (tertiary/aromatic N) is 2. The van der Waals surface area contributed by atoms with Crippen LogP contribution >= 0.6 is 11.3 Å². The van der Waals surface area contributed by atoms with E-state index < -0.39 is 5.66 Å². The lowest BCUT2D eigenvalue weighted by molar-refractivity contribution is -0.380. The molecule has 1 aliphatic heterocycles. The molecule has 0 saturated carbocycles. The molecule has 1 unspecified atom stereocenters. The van der Waals surface area contributed by atoms with E-state index in [0.29, 0.717) is 6.42 Å². The number of nitro groups is 1. The first-order chi connectivity index (χ1) is 8.49. The van der Waals surface area contributed by atoms with Gasteiger partial charge in [-0.25, -0.2) is 0 Å². The Kier molecular flexibility index (Phi) is 3.99. The quantitative estimate of drug-likeness (QED) is 0.672. The highest BCUT2D eigenvalue weighted by atomic mass is 32.1. The molecule has 1 aromatic heterocycles. The highest BCUT2D eigenvalue weighted by Crippen LogP contribution is 2.28. The first kappa shape index (κ1) is 13.5. The van der Waals surface area contributed by atoms with Gasteiger partial charge in [0.2, 0.25) is 0 Å². The van der Waals surface area contributed by atoms with Crippen LogP contribution in [-0.2, 0) is 6.42 Å². The van der Waals surface area contributed by atoms with E-state index in [9.17, 15) is 10.1 Å². The minimum atomic E-state index is -0.404. The van der Waals surface area contributed by atoms with E-state index in [4.69, 9.17) is 5.73 Å². The van der Waals surface area contributed by atoms with Crippen LogP contribution in [-0.4, -0.2) is 28.6 Å². The second-order valence-electron chi connectivity index (χ2n) is 5.08. The number of likely N-dealkylation sites (tertiary alicyclic amines) is 1. The summed E-state index contributed by atoms with van der Waals surface area (Å²) in [5.74, 6) is 0. The zero-order valence-electron chi connectivity index (χ0n) is 10.6. The highest BCUT2D eigenvalue weighted by Gasteiger charge is 2.29. The van der Waals surface area contributed by atoms with Gasteiger partial charge >= 0.3 is 5.00 Å². The standard InChI is InChI=1S/C12H19N3O2S/c1-12(13,14-7-3-2-4-8-14)9-10-5-6-11(18-10)15(16)17/h5-6H,2-4,7-9,13H2,1H3. The molecule has 1 saturated heterocycles. The Morgan fingerprint density at radius 2 is 2.11 bits per heavy atom. The van der Waals surface area contributed by atoms with E-state index in [2.05, 4.69) is 4.90 Å². The topological polar surface area (TPSA) is 72.4 Å². The zero-order valence-corrected chi connectivity index (χ0v) is 11.4. The van der Waals surface area contributed by atoms with Crippen molar-refractivity contribution >= 4 is 16.3 Å². The Bertz CT molecular complexity index is 425. The molecule has 0 bridgehead atoms. The van der Waals surface area contributed by atoms with Crippen molar-refractivity contribution in [3.05, 3.63) is 27.1 Å². The van der Waals surface area contributed by atoms with Gasteiger partial charge in [-0.2, -0.15) is 0 Å². The number of hydrogen-bond donors (Lipinski definition) is 1. The van der Waals surface area contributed by atoms with Gasteiger partial charge in [0.25, 0.3) is 0 Å². The fourth-order valence-electron chi connectivity index (χ4n) is 2.43. The van der Waals surface area contributed by atoms with Crippen LogP contribution in [0, 0.1) is 10.1 Å². The van der Waals surface area contributed by atoms with Crippen LogP contribution in [0.5, 0.6) is 0 Å². The van der Waals surface area contributed by atoms with Gasteiger partial charge in [0.05, 0.1) is 10.6 Å². The first-order valence-corrected chi connectivity index (χ1v) is 7.08. The van der Waals surface area contributed by atoms with Crippen molar-refractivity contribution in [2.75, 3.05) is 13.1 Å². The third-order valence-electron chi connectivity index (χ3n) is 3.44. The number of nitrogens with two attached hydrogens (primary N) is 1. The van der Waals surface area contributed by atoms with E-state index in [1.165, 1.54) is 30.6 Å². The molecular weight excluding hydrogens is 250 g/mol. The smallest absolute Gasteiger partial charge is 0.313 e. The second-order valence-corrected chi connectivity index (χ2v) is 6.23. The summed E-state index contributed by atoms with van der Waals surface area (Å²) in [6, 6.07) is 3.38. The number of thiophene rings is 1. The van der Waals surface area contributed by atoms with Gasteiger partial charge in [-0.05, 0) is 38.9 Å². The summed E-state index contributed by atoms with van der Waals surface area (Å²) in [5, 5.41) is 10.8. The van der Waals surface area contributed by atoms with Crippen molar-refractivity contribution in [3.8, 4) is 0 Å². The summed E-state index contributed by atoms with van der Waals surface area (Å²) < 4.78 is 0. The molecule has 0 aliphatic carbocycles. The maximum Gasteiger partial charge on any atom is 0.324 e. The molecule has 18 heavy (non-hydrogen) atoms. The lowest BCUT2D eigenvalue weighted by atomic mass is 10.0. The molecule has 2 N–H and O–H groups in total. The summed E-state index contributed by atoms with van der Waals surface area (Å²) in [4.78, 5) is 13.6. The van der Waals surface area contributed by atoms with Gasteiger partial charge in [0, 0.05) is 17.4 Å². The number of piperidine rings is 1. The van der Waals surface area contributed by atoms with Crippen LogP contribution in [0.3, 0.4) is 0 Å². The molecule has 2 heterocycles. The SMILES string of the molecule is CC(N)(Cc1ccc([N+](=O)[O-])s1)N1CCCCC1. The molecule has 0 radical (unpaired) electrons. The summed E-state index contributed by atoms with van der Waals surface area (Å²) >= 11 is 1.23. The molecule has 6 heteroatoms. The minimum Gasteiger partial charge on any atom is -0.313 e. The van der Waals surface area contributed by atoms with Crippen molar-refractivity contribution in [2.24, 2.45) is 5.73 Å². The average molecular weight is 269 g/mol. The van der Waals surface area contributed by atoms with Crippen molar-refractivity contribution in [2.45, 2.75) is 38.3 Å². The van der Waals surface area contributed by atoms with Crippen molar-refractivity contribution < 1.29 is 4.92 Å². The van der Waals surface area contributed by atoms with Crippen LogP contribution in [0.1, 0.15) is 31.1 Å². The molecule has 100 valence electrons. The Morgan fingerprint density at radius 1 is 1.44 bits per heavy atom. The Hall–Kier alpha value is -0.980. The predicted octanol–water partition coefficient (Wildman–Crippen LogP) is 2.36. The Labute approximate surface area is 111 Å². The van der Waals surface area contributed by atoms with Gasteiger partial charge in [-0.15, -0.1) is 0 Å². The molecule has 5 nitrogen and oxygen atoms in total. The highest BCUT2D eigenvalue weighted by molar-refractivity contribution is 7.15. The lowest BCUT2D eigenvalue weighted by Crippen LogP contribution is -2.56. The monoisotopic (exact) mass is 269 g/mol. The van der Waals surface area contributed by atoms with Crippen LogP contribution in [0.25, 0.3) is 0 Å². The third kappa shape index (κ3) is 3.07. The van der Waals surface area contributed by atoms with Crippen LogP contribution in [0.2, 0.25) is 0 Å². The maximum absolute atomic E-state index is 10.7. The van der Waals surface area contributed by atoms with Gasteiger partial charge in [0.1, 0.15) is 0 Å². The largest absolute Gasteiger partial charge is 0.324 e. The molecule has 1 aliphatic rings. The summed E-state index contributed by atoms with van der Waals surface area (Å²) in [7, 11) is 0. The van der Waals surface area contributed by atoms with E-state index in [-0.39, 0.29) is 9.92 Å². The third-order valence-corrected chi connectivity index (χ3v) is 4.47. The average Bonchev–Trinajstić information content (AvgIpc) is 2.78. The Morgan fingerprint density at radius 3 is 2.67 bits per heavy atom. The fourth-order valence-corrected chi connectivity index (χ4v) is 3.41. The molecule has 0 spiro atoms. The fraction of sp³-hybridized carbons (Fsp3) is 0.667.